The van der Waals surface area contributed by atoms with Crippen molar-refractivity contribution in [2.24, 2.45) is 23.7 Å². The molecule has 0 N–H and O–H groups in total. The molecule has 1 aromatic heterocycles. The van der Waals surface area contributed by atoms with Crippen LogP contribution in [0.4, 0.5) is 5.95 Å². The van der Waals surface area contributed by atoms with Crippen LogP contribution in [0.3, 0.4) is 0 Å². The van der Waals surface area contributed by atoms with Crippen LogP contribution in [-0.2, 0) is 9.59 Å². The molecule has 29 heavy (non-hydrogen) atoms. The quantitative estimate of drug-likeness (QED) is 0.311. The Balaban J connectivity index is 1.08. The number of aromatic nitrogens is 2. The van der Waals surface area contributed by atoms with Crippen molar-refractivity contribution in [2.75, 3.05) is 44.2 Å². The predicted molar refractivity (Wildman–Crippen MR) is 106 cm³/mol. The van der Waals surface area contributed by atoms with Crippen LogP contribution in [-0.4, -0.2) is 70.6 Å². The normalized spacial score (nSPS) is 32.9. The van der Waals surface area contributed by atoms with E-state index in [1.165, 1.54) is 4.90 Å². The second-order valence-electron chi connectivity index (χ2n) is 9.18. The maximum atomic E-state index is 13.0. The summed E-state index contributed by atoms with van der Waals surface area (Å²) in [6.07, 6.45) is 8.19. The Bertz CT molecular complexity index is 752. The Morgan fingerprint density at radius 1 is 1.00 bits per heavy atom. The van der Waals surface area contributed by atoms with Gasteiger partial charge < -0.3 is 14.8 Å². The van der Waals surface area contributed by atoms with E-state index in [4.69, 9.17) is 0 Å². The fraction of sp³-hybridized carbons (Fsp3) is 0.714. The number of anilines is 1. The van der Waals surface area contributed by atoms with Gasteiger partial charge in [0.05, 0.1) is 44.6 Å². The second kappa shape index (κ2) is 7.32. The van der Waals surface area contributed by atoms with E-state index in [0.717, 1.165) is 32.1 Å². The number of carbonyl (C=O) groups is 2. The number of rotatable bonds is 6. The third-order valence-electron chi connectivity index (χ3n) is 7.61. The zero-order chi connectivity index (χ0) is 20.0. The number of hydrogen-bond donors (Lipinski definition) is 0. The summed E-state index contributed by atoms with van der Waals surface area (Å²) in [5.41, 5.74) is 0. The summed E-state index contributed by atoms with van der Waals surface area (Å²) in [5, 5.41) is 13.0. The highest BCUT2D eigenvalue weighted by Gasteiger charge is 2.60. The van der Waals surface area contributed by atoms with Crippen molar-refractivity contribution in [3.8, 4) is 0 Å². The molecule has 8 nitrogen and oxygen atoms in total. The molecule has 2 aliphatic carbocycles. The maximum absolute atomic E-state index is 13.0. The second-order valence-corrected chi connectivity index (χ2v) is 9.18. The van der Waals surface area contributed by atoms with Gasteiger partial charge in [-0.15, -0.1) is 0 Å². The van der Waals surface area contributed by atoms with Crippen LogP contribution in [0.5, 0.6) is 0 Å². The number of imide groups is 1. The molecule has 4 fully saturated rings. The van der Waals surface area contributed by atoms with Crippen molar-refractivity contribution in [3.05, 3.63) is 23.7 Å². The average Bonchev–Trinajstić information content (AvgIpc) is 3.42. The molecule has 0 radical (unpaired) electrons. The summed E-state index contributed by atoms with van der Waals surface area (Å²) in [7, 11) is 0. The molecule has 0 unspecified atom stereocenters. The fourth-order valence-electron chi connectivity index (χ4n) is 6.07. The molecule has 0 aromatic carbocycles. The minimum Gasteiger partial charge on any atom is -0.633 e. The number of hydroxylamine groups is 3. The van der Waals surface area contributed by atoms with E-state index < -0.39 is 0 Å². The van der Waals surface area contributed by atoms with Crippen LogP contribution in [0.2, 0.25) is 0 Å². The summed E-state index contributed by atoms with van der Waals surface area (Å²) >= 11 is 0. The van der Waals surface area contributed by atoms with E-state index in [1.807, 2.05) is 0 Å². The van der Waals surface area contributed by atoms with E-state index in [-0.39, 0.29) is 28.3 Å². The third kappa shape index (κ3) is 3.32. The zero-order valence-corrected chi connectivity index (χ0v) is 16.8. The zero-order valence-electron chi connectivity index (χ0n) is 16.8. The van der Waals surface area contributed by atoms with Gasteiger partial charge in [0, 0.05) is 18.9 Å². The van der Waals surface area contributed by atoms with Crippen LogP contribution < -0.4 is 4.90 Å². The highest BCUT2D eigenvalue weighted by atomic mass is 16.5. The van der Waals surface area contributed by atoms with Crippen molar-refractivity contribution in [1.82, 2.24) is 14.9 Å². The summed E-state index contributed by atoms with van der Waals surface area (Å²) in [6.45, 7) is 3.37. The minimum atomic E-state index is -0.208. The van der Waals surface area contributed by atoms with Gasteiger partial charge in [-0.1, -0.05) is 0 Å². The molecule has 0 spiro atoms. The number of quaternary nitrogens is 1. The molecule has 8 heteroatoms. The molecular weight excluding hydrogens is 370 g/mol. The smallest absolute Gasteiger partial charge is 0.233 e. The molecule has 4 atom stereocenters. The van der Waals surface area contributed by atoms with Crippen LogP contribution in [0.1, 0.15) is 32.1 Å². The monoisotopic (exact) mass is 399 g/mol. The first-order valence-electron chi connectivity index (χ1n) is 11.0. The number of hydrogen-bond acceptors (Lipinski definition) is 6. The molecule has 2 saturated heterocycles. The number of piperazine rings is 1. The lowest BCUT2D eigenvalue weighted by atomic mass is 9.81. The van der Waals surface area contributed by atoms with Gasteiger partial charge in [-0.05, 0) is 50.0 Å². The Morgan fingerprint density at radius 2 is 1.62 bits per heavy atom. The first kappa shape index (κ1) is 18.9. The van der Waals surface area contributed by atoms with Crippen LogP contribution in [0.15, 0.2) is 18.5 Å². The number of likely N-dealkylation sites (tertiary alicyclic amines) is 1. The van der Waals surface area contributed by atoms with E-state index in [0.29, 0.717) is 57.1 Å². The molecule has 5 rings (SSSR count). The number of fused-ring (bicyclic) bond motifs is 5. The first-order chi connectivity index (χ1) is 14.1. The van der Waals surface area contributed by atoms with Crippen molar-refractivity contribution in [3.63, 3.8) is 0 Å². The van der Waals surface area contributed by atoms with Crippen molar-refractivity contribution in [2.45, 2.75) is 32.1 Å². The van der Waals surface area contributed by atoms with Crippen molar-refractivity contribution >= 4 is 17.8 Å². The summed E-state index contributed by atoms with van der Waals surface area (Å²) < 4.78 is -0.208. The standard InChI is InChI=1S/C21H29N5O3/c27-19-17-15-4-5-16(14-15)18(17)20(28)25(19)8-1-2-11-26(29)12-9-24(10-13-26)21-22-6-3-7-23-21/h3,6-7,15-18H,1-2,4-5,8-14H2/t15-,16+,17+,18-. The van der Waals surface area contributed by atoms with Crippen LogP contribution >= 0.6 is 0 Å². The molecule has 2 aliphatic heterocycles. The lowest BCUT2D eigenvalue weighted by Gasteiger charge is -2.48. The predicted octanol–water partition coefficient (Wildman–Crippen LogP) is 1.42. The largest absolute Gasteiger partial charge is 0.633 e. The van der Waals surface area contributed by atoms with Gasteiger partial charge in [0.2, 0.25) is 17.8 Å². The molecule has 2 bridgehead atoms. The minimum absolute atomic E-state index is 0.0348. The average molecular weight is 399 g/mol. The van der Waals surface area contributed by atoms with Gasteiger partial charge in [-0.2, -0.15) is 0 Å². The topological polar surface area (TPSA) is 89.5 Å². The van der Waals surface area contributed by atoms with Crippen molar-refractivity contribution < 1.29 is 14.2 Å². The van der Waals surface area contributed by atoms with Gasteiger partial charge in [0.25, 0.3) is 0 Å². The van der Waals surface area contributed by atoms with E-state index in [1.54, 1.807) is 18.5 Å². The molecular formula is C21H29N5O3. The summed E-state index contributed by atoms with van der Waals surface area (Å²) in [6, 6.07) is 1.79. The molecule has 4 aliphatic rings. The van der Waals surface area contributed by atoms with Crippen LogP contribution in [0.25, 0.3) is 0 Å². The number of carbonyl (C=O) groups excluding carboxylic acids is 2. The summed E-state index contributed by atoms with van der Waals surface area (Å²) in [4.78, 5) is 37.6. The van der Waals surface area contributed by atoms with Gasteiger partial charge in [0.1, 0.15) is 0 Å². The summed E-state index contributed by atoms with van der Waals surface area (Å²) in [5.74, 6) is 1.62. The number of nitrogens with zero attached hydrogens (tertiary/aromatic N) is 5. The number of amides is 2. The maximum Gasteiger partial charge on any atom is 0.233 e. The Labute approximate surface area is 171 Å². The van der Waals surface area contributed by atoms with Gasteiger partial charge in [-0.25, -0.2) is 9.97 Å². The molecule has 156 valence electrons. The van der Waals surface area contributed by atoms with Gasteiger partial charge in [-0.3, -0.25) is 14.5 Å². The molecule has 3 heterocycles. The Morgan fingerprint density at radius 3 is 2.24 bits per heavy atom. The fourth-order valence-corrected chi connectivity index (χ4v) is 6.07. The highest BCUT2D eigenvalue weighted by molar-refractivity contribution is 6.06. The van der Waals surface area contributed by atoms with E-state index in [9.17, 15) is 14.8 Å². The van der Waals surface area contributed by atoms with E-state index in [2.05, 4.69) is 14.9 Å². The van der Waals surface area contributed by atoms with Gasteiger partial charge >= 0.3 is 0 Å². The lowest BCUT2D eigenvalue weighted by molar-refractivity contribution is -0.881. The molecule has 2 saturated carbocycles. The van der Waals surface area contributed by atoms with Crippen molar-refractivity contribution in [1.29, 1.82) is 0 Å². The molecule has 2 amide bonds. The van der Waals surface area contributed by atoms with Gasteiger partial charge in [0.15, 0.2) is 0 Å². The third-order valence-corrected chi connectivity index (χ3v) is 7.61. The Kier molecular flexibility index (Phi) is 4.78. The number of unbranched alkanes of at least 4 members (excludes halogenated alkanes) is 1. The van der Waals surface area contributed by atoms with Crippen LogP contribution in [0, 0.1) is 28.9 Å². The highest BCUT2D eigenvalue weighted by Crippen LogP contribution is 2.56. The molecule has 1 aromatic rings. The Hall–Kier alpha value is -2.06. The SMILES string of the molecule is O=C1[C@@H]2[C@H]3CC[C@H](C3)[C@@H]2C(=O)N1CCCC[N+]1([O-])CCN(c2ncccn2)CC1. The lowest BCUT2D eigenvalue weighted by Crippen LogP contribution is -2.56. The van der Waals surface area contributed by atoms with E-state index >= 15 is 0 Å². The first-order valence-corrected chi connectivity index (χ1v) is 11.0.